The number of fused-ring (bicyclic) bond motifs is 1. The van der Waals surface area contributed by atoms with E-state index in [0.717, 1.165) is 17.0 Å². The molecular formula is C14H9Cl2NO2. The Bertz CT molecular complexity index is 656. The molecule has 2 aromatic rings. The van der Waals surface area contributed by atoms with Crippen molar-refractivity contribution < 1.29 is 9.47 Å². The summed E-state index contributed by atoms with van der Waals surface area (Å²) in [5, 5.41) is 1.17. The Morgan fingerprint density at radius 1 is 1.00 bits per heavy atom. The van der Waals surface area contributed by atoms with Gasteiger partial charge in [-0.25, -0.2) is 0 Å². The molecule has 0 unspecified atom stereocenters. The average Bonchev–Trinajstić information content (AvgIpc) is 2.85. The molecule has 0 spiro atoms. The first-order valence-electron chi connectivity index (χ1n) is 5.61. The molecule has 0 saturated heterocycles. The van der Waals surface area contributed by atoms with Crippen molar-refractivity contribution in [3.8, 4) is 11.5 Å². The summed E-state index contributed by atoms with van der Waals surface area (Å²) in [4.78, 5) is 4.36. The van der Waals surface area contributed by atoms with E-state index in [-0.39, 0.29) is 6.79 Å². The van der Waals surface area contributed by atoms with Gasteiger partial charge >= 0.3 is 0 Å². The zero-order valence-corrected chi connectivity index (χ0v) is 11.3. The Morgan fingerprint density at radius 3 is 2.68 bits per heavy atom. The van der Waals surface area contributed by atoms with E-state index >= 15 is 0 Å². The molecule has 1 heterocycles. The quantitative estimate of drug-likeness (QED) is 0.765. The first-order valence-corrected chi connectivity index (χ1v) is 6.37. The second-order valence-electron chi connectivity index (χ2n) is 3.96. The van der Waals surface area contributed by atoms with Crippen molar-refractivity contribution in [2.45, 2.75) is 0 Å². The molecule has 0 amide bonds. The maximum Gasteiger partial charge on any atom is 0.231 e. The molecule has 5 heteroatoms. The lowest BCUT2D eigenvalue weighted by Gasteiger charge is -1.99. The van der Waals surface area contributed by atoms with Crippen LogP contribution in [0, 0.1) is 0 Å². The van der Waals surface area contributed by atoms with Gasteiger partial charge in [-0.2, -0.15) is 0 Å². The summed E-state index contributed by atoms with van der Waals surface area (Å²) in [7, 11) is 0. The summed E-state index contributed by atoms with van der Waals surface area (Å²) < 4.78 is 10.5. The van der Waals surface area contributed by atoms with Gasteiger partial charge in [0.1, 0.15) is 0 Å². The molecule has 0 atom stereocenters. The van der Waals surface area contributed by atoms with Crippen LogP contribution in [0.15, 0.2) is 41.4 Å². The van der Waals surface area contributed by atoms with Crippen LogP contribution in [0.1, 0.15) is 5.56 Å². The van der Waals surface area contributed by atoms with E-state index in [9.17, 15) is 0 Å². The topological polar surface area (TPSA) is 30.8 Å². The van der Waals surface area contributed by atoms with Crippen LogP contribution in [0.25, 0.3) is 0 Å². The van der Waals surface area contributed by atoms with E-state index in [0.29, 0.717) is 15.8 Å². The molecule has 0 N–H and O–H groups in total. The third kappa shape index (κ3) is 2.67. The van der Waals surface area contributed by atoms with Crippen LogP contribution in [-0.4, -0.2) is 13.0 Å². The molecule has 1 aliphatic rings. The van der Waals surface area contributed by atoms with Gasteiger partial charge in [0, 0.05) is 22.9 Å². The lowest BCUT2D eigenvalue weighted by Crippen LogP contribution is -1.92. The minimum atomic E-state index is 0.255. The van der Waals surface area contributed by atoms with Gasteiger partial charge in [-0.1, -0.05) is 29.3 Å². The molecule has 0 fully saturated rings. The number of nitrogens with zero attached hydrogens (tertiary/aromatic N) is 1. The Kier molecular flexibility index (Phi) is 3.32. The van der Waals surface area contributed by atoms with Gasteiger partial charge in [0.15, 0.2) is 11.5 Å². The zero-order valence-electron chi connectivity index (χ0n) is 9.77. The minimum absolute atomic E-state index is 0.255. The Balaban J connectivity index is 1.86. The van der Waals surface area contributed by atoms with E-state index in [1.807, 2.05) is 24.3 Å². The van der Waals surface area contributed by atoms with Crippen LogP contribution in [-0.2, 0) is 0 Å². The van der Waals surface area contributed by atoms with E-state index in [2.05, 4.69) is 4.99 Å². The predicted octanol–water partition coefficient (Wildman–Crippen LogP) is 4.47. The van der Waals surface area contributed by atoms with Crippen LogP contribution in [0.5, 0.6) is 11.5 Å². The van der Waals surface area contributed by atoms with Crippen molar-refractivity contribution in [1.82, 2.24) is 0 Å². The van der Waals surface area contributed by atoms with Gasteiger partial charge in [-0.3, -0.25) is 4.99 Å². The molecule has 0 aliphatic carbocycles. The lowest BCUT2D eigenvalue weighted by atomic mass is 10.2. The highest BCUT2D eigenvalue weighted by Gasteiger charge is 2.12. The monoisotopic (exact) mass is 293 g/mol. The first-order chi connectivity index (χ1) is 9.22. The van der Waals surface area contributed by atoms with Crippen LogP contribution < -0.4 is 9.47 Å². The van der Waals surface area contributed by atoms with Gasteiger partial charge in [-0.15, -0.1) is 0 Å². The first kappa shape index (κ1) is 12.3. The van der Waals surface area contributed by atoms with Crippen LogP contribution >= 0.6 is 23.2 Å². The smallest absolute Gasteiger partial charge is 0.231 e. The highest BCUT2D eigenvalue weighted by molar-refractivity contribution is 6.36. The molecule has 0 aromatic heterocycles. The number of hydrogen-bond acceptors (Lipinski definition) is 3. The van der Waals surface area contributed by atoms with Crippen molar-refractivity contribution in [3.05, 3.63) is 52.0 Å². The summed E-state index contributed by atoms with van der Waals surface area (Å²) in [5.41, 5.74) is 1.58. The van der Waals surface area contributed by atoms with Gasteiger partial charge in [0.2, 0.25) is 6.79 Å². The van der Waals surface area contributed by atoms with Gasteiger partial charge in [0.25, 0.3) is 0 Å². The van der Waals surface area contributed by atoms with Crippen molar-refractivity contribution in [2.24, 2.45) is 4.99 Å². The summed E-state index contributed by atoms with van der Waals surface area (Å²) in [6.45, 7) is 0.255. The molecule has 3 rings (SSSR count). The number of halogens is 2. The maximum atomic E-state index is 6.07. The number of benzene rings is 2. The third-order valence-electron chi connectivity index (χ3n) is 2.67. The lowest BCUT2D eigenvalue weighted by molar-refractivity contribution is 0.174. The van der Waals surface area contributed by atoms with Gasteiger partial charge in [-0.05, 0) is 24.3 Å². The minimum Gasteiger partial charge on any atom is -0.454 e. The molecule has 0 saturated carbocycles. The van der Waals surface area contributed by atoms with Crippen molar-refractivity contribution >= 4 is 35.1 Å². The molecule has 0 radical (unpaired) electrons. The third-order valence-corrected chi connectivity index (χ3v) is 3.23. The molecule has 96 valence electrons. The SMILES string of the molecule is Clc1ccc(C=Nc2ccc3c(c2)OCO3)c(Cl)c1. The molecule has 0 bridgehead atoms. The fourth-order valence-corrected chi connectivity index (χ4v) is 2.17. The van der Waals surface area contributed by atoms with Crippen molar-refractivity contribution in [1.29, 1.82) is 0 Å². The summed E-state index contributed by atoms with van der Waals surface area (Å²) >= 11 is 11.9. The van der Waals surface area contributed by atoms with E-state index < -0.39 is 0 Å². The Morgan fingerprint density at radius 2 is 1.84 bits per heavy atom. The summed E-state index contributed by atoms with van der Waals surface area (Å²) in [6, 6.07) is 10.8. The van der Waals surface area contributed by atoms with E-state index in [1.54, 1.807) is 18.3 Å². The fraction of sp³-hybridized carbons (Fsp3) is 0.0714. The van der Waals surface area contributed by atoms with E-state index in [1.165, 1.54) is 0 Å². The number of ether oxygens (including phenoxy) is 2. The number of hydrogen-bond donors (Lipinski definition) is 0. The largest absolute Gasteiger partial charge is 0.454 e. The normalized spacial score (nSPS) is 13.2. The molecule has 2 aromatic carbocycles. The summed E-state index contributed by atoms with van der Waals surface area (Å²) in [6.07, 6.45) is 1.69. The van der Waals surface area contributed by atoms with Crippen molar-refractivity contribution in [3.63, 3.8) is 0 Å². The molecule has 3 nitrogen and oxygen atoms in total. The van der Waals surface area contributed by atoms with Crippen LogP contribution in [0.4, 0.5) is 5.69 Å². The van der Waals surface area contributed by atoms with Crippen LogP contribution in [0.3, 0.4) is 0 Å². The standard InChI is InChI=1S/C14H9Cl2NO2/c15-10-2-1-9(12(16)5-10)7-17-11-3-4-13-14(6-11)19-8-18-13/h1-7H,8H2. The van der Waals surface area contributed by atoms with Crippen molar-refractivity contribution in [2.75, 3.05) is 6.79 Å². The van der Waals surface area contributed by atoms with Gasteiger partial charge < -0.3 is 9.47 Å². The molecule has 19 heavy (non-hydrogen) atoms. The zero-order chi connectivity index (χ0) is 13.2. The fourth-order valence-electron chi connectivity index (χ4n) is 1.72. The molecule has 1 aliphatic heterocycles. The Labute approximate surface area is 120 Å². The highest BCUT2D eigenvalue weighted by atomic mass is 35.5. The Hall–Kier alpha value is -1.71. The molecular weight excluding hydrogens is 285 g/mol. The second-order valence-corrected chi connectivity index (χ2v) is 4.81. The van der Waals surface area contributed by atoms with Gasteiger partial charge in [0.05, 0.1) is 10.7 Å². The van der Waals surface area contributed by atoms with Crippen LogP contribution in [0.2, 0.25) is 10.0 Å². The van der Waals surface area contributed by atoms with E-state index in [4.69, 9.17) is 32.7 Å². The second kappa shape index (κ2) is 5.11. The number of aliphatic imine (C=N–C) groups is 1. The highest BCUT2D eigenvalue weighted by Crippen LogP contribution is 2.35. The average molecular weight is 294 g/mol. The maximum absolute atomic E-state index is 6.07. The summed E-state index contributed by atoms with van der Waals surface area (Å²) in [5.74, 6) is 1.44. The number of rotatable bonds is 2. The predicted molar refractivity (Wildman–Crippen MR) is 76.3 cm³/mol.